The Morgan fingerprint density at radius 2 is 1.22 bits per heavy atom. The predicted octanol–water partition coefficient (Wildman–Crippen LogP) is 6.24. The second kappa shape index (κ2) is 9.92. The van der Waals surface area contributed by atoms with Crippen LogP contribution in [0.5, 0.6) is 0 Å². The highest BCUT2D eigenvalue weighted by molar-refractivity contribution is 5.86. The van der Waals surface area contributed by atoms with E-state index >= 15 is 0 Å². The fourth-order valence-electron chi connectivity index (χ4n) is 4.03. The third-order valence-corrected chi connectivity index (χ3v) is 5.91. The van der Waals surface area contributed by atoms with Crippen molar-refractivity contribution in [1.29, 1.82) is 0 Å². The van der Waals surface area contributed by atoms with Gasteiger partial charge in [-0.15, -0.1) is 5.10 Å². The highest BCUT2D eigenvalue weighted by Gasteiger charge is 2.19. The van der Waals surface area contributed by atoms with Gasteiger partial charge in [-0.25, -0.2) is 4.98 Å². The van der Waals surface area contributed by atoms with Gasteiger partial charge in [0.2, 0.25) is 11.8 Å². The Morgan fingerprint density at radius 1 is 0.639 bits per heavy atom. The number of rotatable bonds is 6. The van der Waals surface area contributed by atoms with Gasteiger partial charge in [-0.2, -0.15) is 14.5 Å². The van der Waals surface area contributed by atoms with Gasteiger partial charge < -0.3 is 0 Å². The van der Waals surface area contributed by atoms with Crippen molar-refractivity contribution < 1.29 is 9.59 Å². The Hall–Kier alpha value is -4.65. The van der Waals surface area contributed by atoms with Crippen LogP contribution in [0.3, 0.4) is 0 Å². The van der Waals surface area contributed by atoms with Crippen LogP contribution < -0.4 is 0 Å². The third-order valence-electron chi connectivity index (χ3n) is 5.91. The number of carbonyl (C=O) groups excluding carboxylic acids is 2. The zero-order chi connectivity index (χ0) is 25.1. The fraction of sp³-hybridized carbons (Fsp3) is 0.138. The van der Waals surface area contributed by atoms with Gasteiger partial charge in [0.25, 0.3) is 0 Å². The van der Waals surface area contributed by atoms with Crippen LogP contribution in [0.4, 0.5) is 0 Å². The van der Waals surface area contributed by atoms with E-state index in [4.69, 9.17) is 4.98 Å². The van der Waals surface area contributed by atoms with Gasteiger partial charge in [0.1, 0.15) is 0 Å². The van der Waals surface area contributed by atoms with E-state index in [2.05, 4.69) is 10.2 Å². The van der Waals surface area contributed by atoms with Gasteiger partial charge in [0.15, 0.2) is 11.6 Å². The number of nitrogens with zero attached hydrogens (tertiary/aromatic N) is 5. The van der Waals surface area contributed by atoms with E-state index in [-0.39, 0.29) is 11.8 Å². The van der Waals surface area contributed by atoms with Crippen molar-refractivity contribution in [3.05, 3.63) is 91.0 Å². The molecule has 3 aromatic carbocycles. The van der Waals surface area contributed by atoms with E-state index in [0.717, 1.165) is 27.9 Å². The van der Waals surface area contributed by atoms with Gasteiger partial charge in [0, 0.05) is 35.1 Å². The van der Waals surface area contributed by atoms with Crippen molar-refractivity contribution in [3.63, 3.8) is 0 Å². The zero-order valence-electron chi connectivity index (χ0n) is 20.1. The van der Waals surface area contributed by atoms with Crippen LogP contribution in [0.25, 0.3) is 45.3 Å². The number of carbonyl (C=O) groups is 2. The van der Waals surface area contributed by atoms with Crippen LogP contribution in [0.2, 0.25) is 0 Å². The molecule has 0 fully saturated rings. The molecule has 0 radical (unpaired) electrons. The monoisotopic (exact) mass is 475 g/mol. The van der Waals surface area contributed by atoms with Crippen molar-refractivity contribution in [3.8, 4) is 45.3 Å². The average Bonchev–Trinajstić information content (AvgIpc) is 3.59. The molecule has 0 aliphatic heterocycles. The number of benzene rings is 3. The van der Waals surface area contributed by atoms with E-state index < -0.39 is 0 Å². The van der Waals surface area contributed by atoms with Crippen molar-refractivity contribution in [1.82, 2.24) is 24.5 Å². The molecule has 2 aromatic heterocycles. The predicted molar refractivity (Wildman–Crippen MR) is 139 cm³/mol. The molecule has 178 valence electrons. The van der Waals surface area contributed by atoms with Crippen LogP contribution in [-0.2, 0) is 0 Å². The minimum atomic E-state index is -0.131. The third kappa shape index (κ3) is 4.38. The minimum absolute atomic E-state index is 0.0813. The molecular formula is C29H25N5O2. The molecule has 0 unspecified atom stereocenters. The molecule has 0 atom stereocenters. The molecule has 0 aliphatic rings. The first-order chi connectivity index (χ1) is 17.6. The van der Waals surface area contributed by atoms with Gasteiger partial charge >= 0.3 is 0 Å². The molecule has 0 N–H and O–H groups in total. The van der Waals surface area contributed by atoms with Crippen LogP contribution in [-0.4, -0.2) is 36.4 Å². The van der Waals surface area contributed by atoms with Crippen molar-refractivity contribution in [2.24, 2.45) is 0 Å². The molecule has 7 heteroatoms. The maximum Gasteiger partial charge on any atom is 0.248 e. The maximum atomic E-state index is 12.7. The maximum absolute atomic E-state index is 12.7. The summed E-state index contributed by atoms with van der Waals surface area (Å²) < 4.78 is 2.84. The first-order valence-electron chi connectivity index (χ1n) is 11.9. The van der Waals surface area contributed by atoms with Gasteiger partial charge in [-0.05, 0) is 12.1 Å². The molecule has 0 aliphatic carbocycles. The summed E-state index contributed by atoms with van der Waals surface area (Å²) in [5.41, 5.74) is 4.73. The SMILES string of the molecule is CCC(=O)n1nc(-c2cccc(-c3nc(-c4ccccc4)n(C(=O)CC)n3)c2)cc1-c1ccccc1. The lowest BCUT2D eigenvalue weighted by Gasteiger charge is -2.04. The number of hydrogen-bond acceptors (Lipinski definition) is 5. The Labute approximate surface area is 209 Å². The largest absolute Gasteiger partial charge is 0.273 e. The topological polar surface area (TPSA) is 82.7 Å². The summed E-state index contributed by atoms with van der Waals surface area (Å²) in [6, 6.07) is 28.9. The van der Waals surface area contributed by atoms with Crippen LogP contribution in [0.15, 0.2) is 91.0 Å². The first kappa shape index (κ1) is 23.1. The van der Waals surface area contributed by atoms with E-state index in [1.54, 1.807) is 6.92 Å². The van der Waals surface area contributed by atoms with E-state index in [9.17, 15) is 9.59 Å². The standard InChI is InChI=1S/C29H25N5O2/c1-3-26(35)33-25(20-12-7-5-8-13-20)19-24(31-33)22-16-11-17-23(18-22)28-30-29(21-14-9-6-10-15-21)34(32-28)27(36)4-2/h5-19H,3-4H2,1-2H3. The summed E-state index contributed by atoms with van der Waals surface area (Å²) >= 11 is 0. The van der Waals surface area contributed by atoms with Crippen LogP contribution >= 0.6 is 0 Å². The van der Waals surface area contributed by atoms with Gasteiger partial charge in [-0.3, -0.25) is 9.59 Å². The summed E-state index contributed by atoms with van der Waals surface area (Å²) in [6.07, 6.45) is 0.657. The normalized spacial score (nSPS) is 10.9. The lowest BCUT2D eigenvalue weighted by molar-refractivity contribution is 0.0887. The summed E-state index contributed by atoms with van der Waals surface area (Å²) in [5, 5.41) is 9.19. The molecule has 2 heterocycles. The highest BCUT2D eigenvalue weighted by atomic mass is 16.2. The molecule has 0 saturated heterocycles. The Balaban J connectivity index is 1.59. The molecule has 36 heavy (non-hydrogen) atoms. The summed E-state index contributed by atoms with van der Waals surface area (Å²) in [4.78, 5) is 30.0. The van der Waals surface area contributed by atoms with Crippen molar-refractivity contribution >= 4 is 11.8 Å². The molecule has 0 amide bonds. The molecule has 7 nitrogen and oxygen atoms in total. The molecule has 0 bridgehead atoms. The molecule has 0 spiro atoms. The molecule has 5 rings (SSSR count). The fourth-order valence-corrected chi connectivity index (χ4v) is 4.03. The first-order valence-corrected chi connectivity index (χ1v) is 11.9. The lowest BCUT2D eigenvalue weighted by Crippen LogP contribution is -2.12. The van der Waals surface area contributed by atoms with Crippen molar-refractivity contribution in [2.75, 3.05) is 0 Å². The molecule has 5 aromatic rings. The van der Waals surface area contributed by atoms with Gasteiger partial charge in [0.05, 0.1) is 11.4 Å². The second-order valence-electron chi connectivity index (χ2n) is 8.30. The van der Waals surface area contributed by atoms with Crippen LogP contribution in [0, 0.1) is 0 Å². The lowest BCUT2D eigenvalue weighted by atomic mass is 10.1. The quantitative estimate of drug-likeness (QED) is 0.290. The second-order valence-corrected chi connectivity index (χ2v) is 8.30. The van der Waals surface area contributed by atoms with Crippen molar-refractivity contribution in [2.45, 2.75) is 26.7 Å². The van der Waals surface area contributed by atoms with Gasteiger partial charge in [-0.1, -0.05) is 92.7 Å². The zero-order valence-corrected chi connectivity index (χ0v) is 20.1. The minimum Gasteiger partial charge on any atom is -0.273 e. The summed E-state index contributed by atoms with van der Waals surface area (Å²) in [5.74, 6) is 0.743. The Kier molecular flexibility index (Phi) is 6.36. The highest BCUT2D eigenvalue weighted by Crippen LogP contribution is 2.30. The van der Waals surface area contributed by atoms with E-state index in [1.165, 1.54) is 9.36 Å². The average molecular weight is 476 g/mol. The Morgan fingerprint density at radius 3 is 1.89 bits per heavy atom. The summed E-state index contributed by atoms with van der Waals surface area (Å²) in [7, 11) is 0. The summed E-state index contributed by atoms with van der Waals surface area (Å²) in [6.45, 7) is 3.63. The molecule has 0 saturated carbocycles. The van der Waals surface area contributed by atoms with Crippen LogP contribution in [0.1, 0.15) is 36.3 Å². The number of hydrogen-bond donors (Lipinski definition) is 0. The van der Waals surface area contributed by atoms with E-state index in [0.29, 0.717) is 30.2 Å². The Bertz CT molecular complexity index is 1420. The smallest absolute Gasteiger partial charge is 0.248 e. The van der Waals surface area contributed by atoms with E-state index in [1.807, 2.05) is 97.9 Å². The number of aromatic nitrogens is 5. The molecular weight excluding hydrogens is 450 g/mol.